The predicted octanol–water partition coefficient (Wildman–Crippen LogP) is 19.7. The van der Waals surface area contributed by atoms with E-state index in [9.17, 15) is 15.0 Å². The summed E-state index contributed by atoms with van der Waals surface area (Å²) in [5.74, 6) is -0.0581. The molecule has 0 aliphatic heterocycles. The molecule has 0 fully saturated rings. The first-order valence-corrected chi connectivity index (χ1v) is 29.9. The second kappa shape index (κ2) is 56.5. The third-order valence-electron chi connectivity index (χ3n) is 14.3. The van der Waals surface area contributed by atoms with Crippen molar-refractivity contribution in [1.82, 2.24) is 5.32 Å². The van der Waals surface area contributed by atoms with Gasteiger partial charge in [-0.25, -0.2) is 0 Å². The molecule has 0 aromatic heterocycles. The maximum Gasteiger partial charge on any atom is 0.220 e. The van der Waals surface area contributed by atoms with Gasteiger partial charge in [0.1, 0.15) is 0 Å². The van der Waals surface area contributed by atoms with Crippen LogP contribution in [0.15, 0.2) is 12.2 Å². The first-order valence-electron chi connectivity index (χ1n) is 29.9. The summed E-state index contributed by atoms with van der Waals surface area (Å²) in [6.45, 7) is 4.33. The van der Waals surface area contributed by atoms with Crippen molar-refractivity contribution in [3.63, 3.8) is 0 Å². The Balaban J connectivity index is 3.30. The molecule has 0 saturated heterocycles. The van der Waals surface area contributed by atoms with Crippen LogP contribution in [0.3, 0.4) is 0 Å². The minimum atomic E-state index is -0.833. The first-order chi connectivity index (χ1) is 31.7. The Morgan fingerprint density at radius 3 is 0.812 bits per heavy atom. The van der Waals surface area contributed by atoms with Crippen LogP contribution in [0.1, 0.15) is 348 Å². The van der Waals surface area contributed by atoms with Crippen LogP contribution in [0.5, 0.6) is 0 Å². The number of nitrogens with one attached hydrogen (secondary N) is 1. The Hall–Kier alpha value is -0.870. The average molecular weight is 903 g/mol. The topological polar surface area (TPSA) is 69.6 Å². The van der Waals surface area contributed by atoms with E-state index in [1.54, 1.807) is 6.08 Å². The number of rotatable bonds is 56. The van der Waals surface area contributed by atoms with Crippen LogP contribution in [0, 0.1) is 0 Å². The average Bonchev–Trinajstić information content (AvgIpc) is 3.30. The minimum absolute atomic E-state index is 0.0581. The zero-order chi connectivity index (χ0) is 46.3. The van der Waals surface area contributed by atoms with Gasteiger partial charge in [0, 0.05) is 6.42 Å². The third-order valence-corrected chi connectivity index (χ3v) is 14.3. The van der Waals surface area contributed by atoms with Crippen molar-refractivity contribution in [2.45, 2.75) is 360 Å². The molecular weight excluding hydrogens is 783 g/mol. The molecule has 0 saturated carbocycles. The van der Waals surface area contributed by atoms with Crippen LogP contribution in [0.4, 0.5) is 0 Å². The standard InChI is InChI=1S/C60H119NO3/c1-3-5-7-9-11-13-15-16-17-18-19-20-21-22-23-24-25-26-27-28-29-30-31-32-33-34-35-36-37-38-39-40-41-42-43-44-46-48-50-52-54-56-60(64)61-58(57-62)59(63)55-53-51-49-47-45-14-12-10-8-6-4-2/h53,55,58-59,62-63H,3-52,54,56-57H2,1-2H3,(H,61,64)/b55-53+. The number of allylic oxidation sites excluding steroid dienone is 1. The summed E-state index contributed by atoms with van der Waals surface area (Å²) in [6, 6.07) is -0.616. The number of hydrogen-bond acceptors (Lipinski definition) is 3. The van der Waals surface area contributed by atoms with Crippen LogP contribution in [-0.4, -0.2) is 34.9 Å². The van der Waals surface area contributed by atoms with Gasteiger partial charge in [0.15, 0.2) is 0 Å². The minimum Gasteiger partial charge on any atom is -0.394 e. The lowest BCUT2D eigenvalue weighted by atomic mass is 10.0. The largest absolute Gasteiger partial charge is 0.394 e. The highest BCUT2D eigenvalue weighted by Crippen LogP contribution is 2.19. The summed E-state index contributed by atoms with van der Waals surface area (Å²) >= 11 is 0. The van der Waals surface area contributed by atoms with E-state index in [0.29, 0.717) is 6.42 Å². The van der Waals surface area contributed by atoms with E-state index >= 15 is 0 Å². The molecule has 0 aliphatic carbocycles. The quantitative estimate of drug-likeness (QED) is 0.0421. The highest BCUT2D eigenvalue weighted by molar-refractivity contribution is 5.76. The van der Waals surface area contributed by atoms with E-state index in [0.717, 1.165) is 25.7 Å². The molecule has 0 radical (unpaired) electrons. The second-order valence-electron chi connectivity index (χ2n) is 20.8. The van der Waals surface area contributed by atoms with Crippen LogP contribution < -0.4 is 5.32 Å². The van der Waals surface area contributed by atoms with Gasteiger partial charge in [0.25, 0.3) is 0 Å². The summed E-state index contributed by atoms with van der Waals surface area (Å²) in [7, 11) is 0. The Morgan fingerprint density at radius 1 is 0.359 bits per heavy atom. The second-order valence-corrected chi connectivity index (χ2v) is 20.8. The normalized spacial score (nSPS) is 12.8. The van der Waals surface area contributed by atoms with E-state index in [1.165, 1.54) is 302 Å². The Kier molecular flexibility index (Phi) is 55.7. The highest BCUT2D eigenvalue weighted by Gasteiger charge is 2.18. The maximum atomic E-state index is 12.4. The SMILES string of the molecule is CCCCCCCCCCC/C=C/C(O)C(CO)NC(=O)CCCCCCCCCCCCCCCCCCCCCCCCCCCCCCCCCCCCCCCCCCC. The molecule has 1 amide bonds. The zero-order valence-electron chi connectivity index (χ0n) is 44.1. The van der Waals surface area contributed by atoms with Crippen LogP contribution >= 0.6 is 0 Å². The van der Waals surface area contributed by atoms with E-state index in [1.807, 2.05) is 6.08 Å². The number of amides is 1. The first kappa shape index (κ1) is 63.1. The van der Waals surface area contributed by atoms with Gasteiger partial charge in [-0.2, -0.15) is 0 Å². The van der Waals surface area contributed by atoms with Gasteiger partial charge in [-0.05, 0) is 19.3 Å². The van der Waals surface area contributed by atoms with Gasteiger partial charge in [-0.15, -0.1) is 0 Å². The molecule has 64 heavy (non-hydrogen) atoms. The molecule has 2 atom stereocenters. The number of carbonyl (C=O) groups excluding carboxylic acids is 1. The van der Waals surface area contributed by atoms with Crippen molar-refractivity contribution >= 4 is 5.91 Å². The van der Waals surface area contributed by atoms with Crippen molar-refractivity contribution in [2.24, 2.45) is 0 Å². The van der Waals surface area contributed by atoms with Crippen molar-refractivity contribution in [3.8, 4) is 0 Å². The number of carbonyl (C=O) groups is 1. The third kappa shape index (κ3) is 52.1. The highest BCUT2D eigenvalue weighted by atomic mass is 16.3. The summed E-state index contributed by atoms with van der Waals surface area (Å²) < 4.78 is 0. The maximum absolute atomic E-state index is 12.4. The number of hydrogen-bond donors (Lipinski definition) is 3. The number of unbranched alkanes of at least 4 members (excludes halogenated alkanes) is 49. The van der Waals surface area contributed by atoms with Crippen molar-refractivity contribution in [2.75, 3.05) is 6.61 Å². The van der Waals surface area contributed by atoms with Gasteiger partial charge >= 0.3 is 0 Å². The monoisotopic (exact) mass is 902 g/mol. The fourth-order valence-electron chi connectivity index (χ4n) is 9.71. The van der Waals surface area contributed by atoms with Gasteiger partial charge < -0.3 is 15.5 Å². The molecule has 382 valence electrons. The van der Waals surface area contributed by atoms with Gasteiger partial charge in [0.05, 0.1) is 18.8 Å². The number of aliphatic hydroxyl groups excluding tert-OH is 2. The number of aliphatic hydroxyl groups is 2. The lowest BCUT2D eigenvalue weighted by Gasteiger charge is -2.20. The zero-order valence-corrected chi connectivity index (χ0v) is 44.1. The molecule has 0 spiro atoms. The molecule has 2 unspecified atom stereocenters. The fourth-order valence-corrected chi connectivity index (χ4v) is 9.71. The van der Waals surface area contributed by atoms with Crippen molar-refractivity contribution in [3.05, 3.63) is 12.2 Å². The fraction of sp³-hybridized carbons (Fsp3) is 0.950. The molecule has 4 heteroatoms. The molecule has 4 nitrogen and oxygen atoms in total. The van der Waals surface area contributed by atoms with Gasteiger partial charge in [-0.1, -0.05) is 334 Å². The predicted molar refractivity (Wildman–Crippen MR) is 286 cm³/mol. The molecule has 0 aliphatic rings. The molecule has 0 rings (SSSR count). The van der Waals surface area contributed by atoms with Crippen LogP contribution in [0.2, 0.25) is 0 Å². The van der Waals surface area contributed by atoms with E-state index < -0.39 is 12.1 Å². The summed E-state index contributed by atoms with van der Waals surface area (Å²) in [5.41, 5.74) is 0. The Labute approximate surface area is 403 Å². The van der Waals surface area contributed by atoms with Crippen LogP contribution in [0.25, 0.3) is 0 Å². The van der Waals surface area contributed by atoms with E-state index in [-0.39, 0.29) is 12.5 Å². The van der Waals surface area contributed by atoms with E-state index in [2.05, 4.69) is 19.2 Å². The lowest BCUT2D eigenvalue weighted by Crippen LogP contribution is -2.45. The smallest absolute Gasteiger partial charge is 0.220 e. The van der Waals surface area contributed by atoms with Gasteiger partial charge in [-0.3, -0.25) is 4.79 Å². The van der Waals surface area contributed by atoms with Gasteiger partial charge in [0.2, 0.25) is 5.91 Å². The molecular formula is C60H119NO3. The van der Waals surface area contributed by atoms with Crippen molar-refractivity contribution in [1.29, 1.82) is 0 Å². The molecule has 0 aromatic rings. The lowest BCUT2D eigenvalue weighted by molar-refractivity contribution is -0.123. The molecule has 3 N–H and O–H groups in total. The van der Waals surface area contributed by atoms with Crippen molar-refractivity contribution < 1.29 is 15.0 Å². The van der Waals surface area contributed by atoms with E-state index in [4.69, 9.17) is 0 Å². The molecule has 0 heterocycles. The van der Waals surface area contributed by atoms with Crippen LogP contribution in [-0.2, 0) is 4.79 Å². The summed E-state index contributed by atoms with van der Waals surface area (Å²) in [5, 5.41) is 23.0. The Bertz CT molecular complexity index is 890. The molecule has 0 aromatic carbocycles. The summed E-state index contributed by atoms with van der Waals surface area (Å²) in [6.07, 6.45) is 74.2. The molecule has 0 bridgehead atoms. The Morgan fingerprint density at radius 2 is 0.578 bits per heavy atom. The summed E-state index contributed by atoms with van der Waals surface area (Å²) in [4.78, 5) is 12.4.